The molecule has 1 saturated heterocycles. The van der Waals surface area contributed by atoms with Crippen molar-refractivity contribution >= 4 is 11.8 Å². The van der Waals surface area contributed by atoms with Crippen LogP contribution in [0.3, 0.4) is 0 Å². The van der Waals surface area contributed by atoms with E-state index in [1.165, 1.54) is 0 Å². The number of carbonyl (C=O) groups is 2. The first kappa shape index (κ1) is 16.3. The van der Waals surface area contributed by atoms with Crippen molar-refractivity contribution in [2.75, 3.05) is 13.6 Å². The van der Waals surface area contributed by atoms with Gasteiger partial charge < -0.3 is 19.2 Å². The van der Waals surface area contributed by atoms with Crippen molar-refractivity contribution in [3.63, 3.8) is 0 Å². The summed E-state index contributed by atoms with van der Waals surface area (Å²) in [6.07, 6.45) is 6.62. The molecule has 0 aromatic carbocycles. The monoisotopic (exact) mass is 330 g/mol. The van der Waals surface area contributed by atoms with Gasteiger partial charge in [0.25, 0.3) is 0 Å². The van der Waals surface area contributed by atoms with Crippen LogP contribution in [0.1, 0.15) is 30.5 Å². The summed E-state index contributed by atoms with van der Waals surface area (Å²) < 4.78 is 7.12. The quantitative estimate of drug-likeness (QED) is 0.895. The Hall–Kier alpha value is -2.57. The number of nitrogens with one attached hydrogen (secondary N) is 1. The van der Waals surface area contributed by atoms with Crippen molar-refractivity contribution in [3.05, 3.63) is 42.4 Å². The molecule has 7 nitrogen and oxygen atoms in total. The van der Waals surface area contributed by atoms with E-state index in [2.05, 4.69) is 10.3 Å². The Bertz CT molecular complexity index is 707. The normalized spacial score (nSPS) is 21.1. The van der Waals surface area contributed by atoms with Gasteiger partial charge in [-0.25, -0.2) is 4.98 Å². The van der Waals surface area contributed by atoms with E-state index in [-0.39, 0.29) is 30.2 Å². The van der Waals surface area contributed by atoms with Gasteiger partial charge in [-0.3, -0.25) is 9.59 Å². The molecule has 0 radical (unpaired) electrons. The zero-order chi connectivity index (χ0) is 17.1. The number of nitrogens with zero attached hydrogens (tertiary/aromatic N) is 3. The lowest BCUT2D eigenvalue weighted by Crippen LogP contribution is -2.45. The first-order valence-electron chi connectivity index (χ1n) is 8.08. The Morgan fingerprint density at radius 3 is 2.96 bits per heavy atom. The molecule has 0 spiro atoms. The Labute approximate surface area is 140 Å². The molecule has 0 unspecified atom stereocenters. The zero-order valence-electron chi connectivity index (χ0n) is 13.9. The second kappa shape index (κ2) is 6.90. The minimum Gasteiger partial charge on any atom is -0.469 e. The van der Waals surface area contributed by atoms with Crippen molar-refractivity contribution in [1.29, 1.82) is 0 Å². The molecule has 1 N–H and O–H groups in total. The molecule has 1 aliphatic rings. The number of piperidine rings is 1. The van der Waals surface area contributed by atoms with E-state index >= 15 is 0 Å². The van der Waals surface area contributed by atoms with Crippen LogP contribution in [0.4, 0.5) is 0 Å². The van der Waals surface area contributed by atoms with E-state index < -0.39 is 0 Å². The molecule has 2 aromatic heterocycles. The van der Waals surface area contributed by atoms with E-state index in [1.807, 2.05) is 17.8 Å². The van der Waals surface area contributed by atoms with Gasteiger partial charge in [-0.15, -0.1) is 0 Å². The van der Waals surface area contributed by atoms with Crippen LogP contribution < -0.4 is 5.32 Å². The lowest BCUT2D eigenvalue weighted by atomic mass is 9.88. The predicted molar refractivity (Wildman–Crippen MR) is 86.9 cm³/mol. The van der Waals surface area contributed by atoms with Gasteiger partial charge in [0.05, 0.1) is 18.7 Å². The molecule has 24 heavy (non-hydrogen) atoms. The lowest BCUT2D eigenvalue weighted by Gasteiger charge is -2.38. The largest absolute Gasteiger partial charge is 0.469 e. The molecule has 0 saturated carbocycles. The van der Waals surface area contributed by atoms with Gasteiger partial charge in [0.1, 0.15) is 11.6 Å². The van der Waals surface area contributed by atoms with Crippen molar-refractivity contribution in [2.24, 2.45) is 13.0 Å². The van der Waals surface area contributed by atoms with E-state index in [9.17, 15) is 9.59 Å². The van der Waals surface area contributed by atoms with Gasteiger partial charge in [0.15, 0.2) is 0 Å². The first-order chi connectivity index (χ1) is 11.6. The molecular weight excluding hydrogens is 308 g/mol. The molecule has 1 aliphatic heterocycles. The number of hydrogen-bond donors (Lipinski definition) is 1. The Balaban J connectivity index is 1.67. The highest BCUT2D eigenvalue weighted by Gasteiger charge is 2.36. The highest BCUT2D eigenvalue weighted by molar-refractivity contribution is 5.78. The number of hydrogen-bond acceptors (Lipinski definition) is 4. The summed E-state index contributed by atoms with van der Waals surface area (Å²) in [6.45, 7) is 0.509. The highest BCUT2D eigenvalue weighted by Crippen LogP contribution is 2.34. The number of amides is 2. The smallest absolute Gasteiger partial charge is 0.227 e. The Morgan fingerprint density at radius 1 is 1.46 bits per heavy atom. The highest BCUT2D eigenvalue weighted by atomic mass is 16.3. The fraction of sp³-hybridized carbons (Fsp3) is 0.471. The summed E-state index contributed by atoms with van der Waals surface area (Å²) in [7, 11) is 3.72. The number of likely N-dealkylation sites (tertiary alicyclic amines) is 1. The van der Waals surface area contributed by atoms with E-state index in [1.54, 1.807) is 36.5 Å². The van der Waals surface area contributed by atoms with E-state index in [0.717, 1.165) is 12.2 Å². The topological polar surface area (TPSA) is 80.4 Å². The zero-order valence-corrected chi connectivity index (χ0v) is 13.9. The summed E-state index contributed by atoms with van der Waals surface area (Å²) in [5, 5.41) is 2.96. The SMILES string of the molecule is CN1C(=O)CC[C@H](CNC(=O)Cc2ccco2)[C@H]1c1nccn1C. The predicted octanol–water partition coefficient (Wildman–Crippen LogP) is 1.28. The van der Waals surface area contributed by atoms with E-state index in [4.69, 9.17) is 4.42 Å². The summed E-state index contributed by atoms with van der Waals surface area (Å²) in [5.41, 5.74) is 0. The molecule has 128 valence electrons. The van der Waals surface area contributed by atoms with Crippen LogP contribution in [0.2, 0.25) is 0 Å². The van der Waals surface area contributed by atoms with Crippen molar-refractivity contribution < 1.29 is 14.0 Å². The average molecular weight is 330 g/mol. The number of aromatic nitrogens is 2. The minimum absolute atomic E-state index is 0.0805. The van der Waals surface area contributed by atoms with Gasteiger partial charge in [-0.2, -0.15) is 0 Å². The third kappa shape index (κ3) is 3.34. The third-order valence-electron chi connectivity index (χ3n) is 4.59. The molecule has 3 rings (SSSR count). The van der Waals surface area contributed by atoms with E-state index in [0.29, 0.717) is 18.7 Å². The van der Waals surface area contributed by atoms with Crippen LogP contribution >= 0.6 is 0 Å². The van der Waals surface area contributed by atoms with Gasteiger partial charge in [0.2, 0.25) is 11.8 Å². The van der Waals surface area contributed by atoms with Crippen LogP contribution in [0, 0.1) is 5.92 Å². The number of carbonyl (C=O) groups excluding carboxylic acids is 2. The van der Waals surface area contributed by atoms with Crippen molar-refractivity contribution in [1.82, 2.24) is 19.8 Å². The van der Waals surface area contributed by atoms with Crippen LogP contribution in [0.25, 0.3) is 0 Å². The maximum Gasteiger partial charge on any atom is 0.227 e. The molecule has 3 heterocycles. The van der Waals surface area contributed by atoms with Crippen LogP contribution in [0.5, 0.6) is 0 Å². The van der Waals surface area contributed by atoms with Gasteiger partial charge >= 0.3 is 0 Å². The molecule has 2 amide bonds. The maximum atomic E-state index is 12.1. The second-order valence-corrected chi connectivity index (χ2v) is 6.20. The first-order valence-corrected chi connectivity index (χ1v) is 8.08. The molecule has 0 bridgehead atoms. The fourth-order valence-electron chi connectivity index (χ4n) is 3.25. The molecular formula is C17H22N4O3. The summed E-state index contributed by atoms with van der Waals surface area (Å²) in [6, 6.07) is 3.42. The van der Waals surface area contributed by atoms with Crippen molar-refractivity contribution in [3.8, 4) is 0 Å². The molecule has 2 aromatic rings. The molecule has 0 aliphatic carbocycles. The minimum atomic E-state index is -0.129. The standard InChI is InChI=1S/C17H22N4O3/c1-20-8-7-18-17(20)16-12(5-6-15(23)21(16)2)11-19-14(22)10-13-4-3-9-24-13/h3-4,7-9,12,16H,5-6,10-11H2,1-2H3,(H,19,22)/t12-,16+/m1/s1. The number of imidazole rings is 1. The summed E-state index contributed by atoms with van der Waals surface area (Å²) in [5.74, 6) is 1.65. The van der Waals surface area contributed by atoms with Crippen LogP contribution in [-0.4, -0.2) is 39.9 Å². The second-order valence-electron chi connectivity index (χ2n) is 6.20. The summed E-state index contributed by atoms with van der Waals surface area (Å²) >= 11 is 0. The summed E-state index contributed by atoms with van der Waals surface area (Å²) in [4.78, 5) is 30.3. The molecule has 1 fully saturated rings. The Kier molecular flexibility index (Phi) is 4.69. The number of aryl methyl sites for hydroxylation is 1. The maximum absolute atomic E-state index is 12.1. The number of rotatable bonds is 5. The van der Waals surface area contributed by atoms with Gasteiger partial charge in [-0.1, -0.05) is 0 Å². The van der Waals surface area contributed by atoms with Gasteiger partial charge in [0, 0.05) is 45.4 Å². The van der Waals surface area contributed by atoms with Gasteiger partial charge in [-0.05, 0) is 18.6 Å². The van der Waals surface area contributed by atoms with Crippen LogP contribution in [-0.2, 0) is 23.1 Å². The third-order valence-corrected chi connectivity index (χ3v) is 4.59. The van der Waals surface area contributed by atoms with Crippen molar-refractivity contribution in [2.45, 2.75) is 25.3 Å². The average Bonchev–Trinajstić information content (AvgIpc) is 3.20. The molecule has 2 atom stereocenters. The Morgan fingerprint density at radius 2 is 2.29 bits per heavy atom. The lowest BCUT2D eigenvalue weighted by molar-refractivity contribution is -0.137. The molecule has 7 heteroatoms. The number of furan rings is 1. The fourth-order valence-corrected chi connectivity index (χ4v) is 3.25. The van der Waals surface area contributed by atoms with Crippen LogP contribution in [0.15, 0.2) is 35.2 Å².